The van der Waals surface area contributed by atoms with Crippen LogP contribution in [0.4, 0.5) is 11.4 Å². The molecule has 1 atom stereocenters. The molecule has 1 aromatic carbocycles. The van der Waals surface area contributed by atoms with Gasteiger partial charge in [-0.1, -0.05) is 0 Å². The van der Waals surface area contributed by atoms with Crippen LogP contribution in [0.25, 0.3) is 0 Å². The Balaban J connectivity index is 3.24. The van der Waals surface area contributed by atoms with Crippen LogP contribution in [0.1, 0.15) is 11.1 Å². The molecule has 0 aromatic heterocycles. The maximum Gasteiger partial charge on any atom is 0.324 e. The van der Waals surface area contributed by atoms with Gasteiger partial charge in [-0.2, -0.15) is 0 Å². The second kappa shape index (κ2) is 6.29. The van der Waals surface area contributed by atoms with Gasteiger partial charge in [0, 0.05) is 12.1 Å². The van der Waals surface area contributed by atoms with Crippen LogP contribution in [0.2, 0.25) is 0 Å². The molecule has 1 unspecified atom stereocenters. The van der Waals surface area contributed by atoms with Gasteiger partial charge >= 0.3 is 5.97 Å². The van der Waals surface area contributed by atoms with E-state index in [4.69, 9.17) is 11.6 Å². The lowest BCUT2D eigenvalue weighted by molar-refractivity contribution is -0.395. The van der Waals surface area contributed by atoms with E-state index in [-0.39, 0.29) is 28.9 Å². The number of alkyl halides is 1. The van der Waals surface area contributed by atoms with Gasteiger partial charge in [-0.15, -0.1) is 11.6 Å². The Morgan fingerprint density at radius 3 is 2.10 bits per heavy atom. The second-order valence-corrected chi connectivity index (χ2v) is 4.49. The van der Waals surface area contributed by atoms with Crippen molar-refractivity contribution in [1.29, 1.82) is 0 Å². The fourth-order valence-electron chi connectivity index (χ4n) is 1.66. The number of nitro groups is 2. The fourth-order valence-corrected chi connectivity index (χ4v) is 1.92. The highest BCUT2D eigenvalue weighted by Crippen LogP contribution is 2.30. The molecule has 1 aromatic rings. The number of carbonyl (C=O) groups excluding carboxylic acids is 1. The number of rotatable bonds is 5. The highest BCUT2D eigenvalue weighted by molar-refractivity contribution is 6.30. The lowest BCUT2D eigenvalue weighted by Gasteiger charge is -2.08. The van der Waals surface area contributed by atoms with Crippen LogP contribution in [-0.2, 0) is 16.0 Å². The Kier molecular flexibility index (Phi) is 4.98. The third kappa shape index (κ3) is 3.41. The zero-order valence-electron chi connectivity index (χ0n) is 10.7. The lowest BCUT2D eigenvalue weighted by Crippen LogP contribution is -2.18. The molecule has 0 aliphatic carbocycles. The Bertz CT molecular complexity index is 539. The van der Waals surface area contributed by atoms with Gasteiger partial charge in [-0.05, 0) is 18.9 Å². The van der Waals surface area contributed by atoms with Gasteiger partial charge in [0.1, 0.15) is 10.9 Å². The van der Waals surface area contributed by atoms with Gasteiger partial charge in [-0.3, -0.25) is 25.0 Å². The molecule has 0 N–H and O–H groups in total. The van der Waals surface area contributed by atoms with Crippen LogP contribution in [0.3, 0.4) is 0 Å². The standard InChI is InChI=1S/C11H11ClN2O6/c1-6-9(13(16)17)4-7(5-10(6)14(18)19)3-8(12)11(15)20-2/h4-5,8H,3H2,1-2H3. The van der Waals surface area contributed by atoms with Crippen molar-refractivity contribution in [3.05, 3.63) is 43.5 Å². The van der Waals surface area contributed by atoms with Crippen LogP contribution >= 0.6 is 11.6 Å². The van der Waals surface area contributed by atoms with E-state index in [0.717, 1.165) is 7.11 Å². The molecule has 0 spiro atoms. The van der Waals surface area contributed by atoms with Crippen molar-refractivity contribution in [2.24, 2.45) is 0 Å². The van der Waals surface area contributed by atoms with Crippen molar-refractivity contribution in [1.82, 2.24) is 0 Å². The van der Waals surface area contributed by atoms with E-state index in [1.165, 1.54) is 19.1 Å². The van der Waals surface area contributed by atoms with Crippen molar-refractivity contribution in [2.75, 3.05) is 7.11 Å². The predicted octanol–water partition coefficient (Wildman–Crippen LogP) is 2.13. The highest BCUT2D eigenvalue weighted by atomic mass is 35.5. The smallest absolute Gasteiger partial charge is 0.324 e. The lowest BCUT2D eigenvalue weighted by atomic mass is 10.0. The zero-order valence-corrected chi connectivity index (χ0v) is 11.4. The Labute approximate surface area is 118 Å². The van der Waals surface area contributed by atoms with Crippen molar-refractivity contribution in [3.8, 4) is 0 Å². The van der Waals surface area contributed by atoms with Gasteiger partial charge in [0.05, 0.1) is 17.0 Å². The molecule has 0 bridgehead atoms. The van der Waals surface area contributed by atoms with E-state index in [1.54, 1.807) is 0 Å². The molecule has 108 valence electrons. The summed E-state index contributed by atoms with van der Waals surface area (Å²) in [4.78, 5) is 31.5. The number of hydrogen-bond donors (Lipinski definition) is 0. The minimum atomic E-state index is -1.07. The minimum Gasteiger partial charge on any atom is -0.468 e. The van der Waals surface area contributed by atoms with Crippen LogP contribution < -0.4 is 0 Å². The van der Waals surface area contributed by atoms with Crippen LogP contribution in [0, 0.1) is 27.2 Å². The zero-order chi connectivity index (χ0) is 15.4. The van der Waals surface area contributed by atoms with E-state index < -0.39 is 21.2 Å². The Morgan fingerprint density at radius 2 is 1.75 bits per heavy atom. The summed E-state index contributed by atoms with van der Waals surface area (Å²) in [6.07, 6.45) is -0.101. The largest absolute Gasteiger partial charge is 0.468 e. The summed E-state index contributed by atoms with van der Waals surface area (Å²) in [6.45, 7) is 1.29. The number of methoxy groups -OCH3 is 1. The normalized spacial score (nSPS) is 11.8. The Hall–Kier alpha value is -2.22. The molecule has 0 aliphatic rings. The maximum absolute atomic E-state index is 11.2. The summed E-state index contributed by atoms with van der Waals surface area (Å²) in [5.41, 5.74) is -0.599. The van der Waals surface area contributed by atoms with Gasteiger partial charge < -0.3 is 4.74 Å². The van der Waals surface area contributed by atoms with Crippen molar-refractivity contribution >= 4 is 28.9 Å². The first-order chi connectivity index (χ1) is 9.27. The predicted molar refractivity (Wildman–Crippen MR) is 69.8 cm³/mol. The van der Waals surface area contributed by atoms with E-state index in [2.05, 4.69) is 4.74 Å². The van der Waals surface area contributed by atoms with Crippen LogP contribution in [-0.4, -0.2) is 28.3 Å². The summed E-state index contributed by atoms with van der Waals surface area (Å²) in [5.74, 6) is -0.711. The molecule has 20 heavy (non-hydrogen) atoms. The molecular formula is C11H11ClN2O6. The SMILES string of the molecule is COC(=O)C(Cl)Cc1cc([N+](=O)[O-])c(C)c([N+](=O)[O-])c1. The molecular weight excluding hydrogens is 292 g/mol. The second-order valence-electron chi connectivity index (χ2n) is 3.97. The first-order valence-corrected chi connectivity index (χ1v) is 5.85. The third-order valence-electron chi connectivity index (χ3n) is 2.68. The molecule has 0 aliphatic heterocycles. The molecule has 1 rings (SSSR count). The molecule has 0 fully saturated rings. The number of esters is 1. The van der Waals surface area contributed by atoms with E-state index in [0.29, 0.717) is 0 Å². The molecule has 0 saturated heterocycles. The monoisotopic (exact) mass is 302 g/mol. The number of ether oxygens (including phenoxy) is 1. The van der Waals surface area contributed by atoms with E-state index >= 15 is 0 Å². The van der Waals surface area contributed by atoms with E-state index in [1.807, 2.05) is 0 Å². The molecule has 9 heteroatoms. The molecule has 8 nitrogen and oxygen atoms in total. The summed E-state index contributed by atoms with van der Waals surface area (Å²) < 4.78 is 4.42. The average Bonchev–Trinajstić information content (AvgIpc) is 2.38. The number of nitrogens with zero attached hydrogens (tertiary/aromatic N) is 2. The van der Waals surface area contributed by atoms with Crippen molar-refractivity contribution in [3.63, 3.8) is 0 Å². The first-order valence-electron chi connectivity index (χ1n) is 5.42. The summed E-state index contributed by atoms with van der Waals surface area (Å²) in [6, 6.07) is 2.33. The molecule has 0 saturated carbocycles. The molecule has 0 amide bonds. The number of hydrogen-bond acceptors (Lipinski definition) is 6. The first kappa shape index (κ1) is 15.8. The van der Waals surface area contributed by atoms with Crippen LogP contribution in [0.5, 0.6) is 0 Å². The summed E-state index contributed by atoms with van der Waals surface area (Å²) in [5, 5.41) is 20.7. The topological polar surface area (TPSA) is 113 Å². The van der Waals surface area contributed by atoms with Gasteiger partial charge in [0.25, 0.3) is 11.4 Å². The highest BCUT2D eigenvalue weighted by Gasteiger charge is 2.25. The third-order valence-corrected chi connectivity index (χ3v) is 3.01. The Morgan fingerprint density at radius 1 is 1.30 bits per heavy atom. The number of carbonyl (C=O) groups is 1. The number of benzene rings is 1. The van der Waals surface area contributed by atoms with Gasteiger partial charge in [0.15, 0.2) is 0 Å². The van der Waals surface area contributed by atoms with Crippen LogP contribution in [0.15, 0.2) is 12.1 Å². The molecule has 0 radical (unpaired) electrons. The van der Waals surface area contributed by atoms with Crippen molar-refractivity contribution in [2.45, 2.75) is 18.7 Å². The minimum absolute atomic E-state index is 0.0482. The summed E-state index contributed by atoms with van der Waals surface area (Å²) in [7, 11) is 1.15. The maximum atomic E-state index is 11.2. The average molecular weight is 303 g/mol. The van der Waals surface area contributed by atoms with E-state index in [9.17, 15) is 25.0 Å². The number of nitro benzene ring substituents is 2. The number of halogens is 1. The fraction of sp³-hybridized carbons (Fsp3) is 0.364. The van der Waals surface area contributed by atoms with Gasteiger partial charge in [-0.25, -0.2) is 0 Å². The summed E-state index contributed by atoms with van der Waals surface area (Å²) >= 11 is 5.76. The molecule has 0 heterocycles. The van der Waals surface area contributed by atoms with Crippen molar-refractivity contribution < 1.29 is 19.4 Å². The quantitative estimate of drug-likeness (QED) is 0.356. The van der Waals surface area contributed by atoms with Gasteiger partial charge in [0.2, 0.25) is 0 Å².